The highest BCUT2D eigenvalue weighted by atomic mass is 35.5. The van der Waals surface area contributed by atoms with Crippen molar-refractivity contribution in [2.45, 2.75) is 11.8 Å². The van der Waals surface area contributed by atoms with Crippen molar-refractivity contribution in [3.8, 4) is 5.75 Å². The molecule has 0 fully saturated rings. The zero-order chi connectivity index (χ0) is 16.2. The smallest absolute Gasteiger partial charge is 0.242 e. The monoisotopic (exact) mass is 359 g/mol. The second-order valence-corrected chi connectivity index (χ2v) is 7.13. The Morgan fingerprint density at radius 1 is 1.09 bits per heavy atom. The molecule has 0 aliphatic carbocycles. The molecule has 0 aliphatic heterocycles. The lowest BCUT2D eigenvalue weighted by molar-refractivity contribution is 0.323. The Kier molecular flexibility index (Phi) is 5.69. The molecule has 0 radical (unpaired) electrons. The van der Waals surface area contributed by atoms with E-state index >= 15 is 0 Å². The highest BCUT2D eigenvalue weighted by Gasteiger charge is 2.18. The van der Waals surface area contributed by atoms with Crippen molar-refractivity contribution < 1.29 is 13.2 Å². The maximum absolute atomic E-state index is 12.2. The molecule has 2 rings (SSSR count). The number of benzene rings is 2. The first-order valence-corrected chi connectivity index (χ1v) is 8.77. The van der Waals surface area contributed by atoms with E-state index in [0.29, 0.717) is 5.75 Å². The van der Waals surface area contributed by atoms with E-state index in [1.165, 1.54) is 18.2 Å². The maximum Gasteiger partial charge on any atom is 0.242 e. The molecular weight excluding hydrogens is 345 g/mol. The Morgan fingerprint density at radius 3 is 2.45 bits per heavy atom. The topological polar surface area (TPSA) is 55.4 Å². The minimum absolute atomic E-state index is 0.0103. The average molecular weight is 360 g/mol. The van der Waals surface area contributed by atoms with Crippen molar-refractivity contribution in [1.29, 1.82) is 0 Å². The molecule has 0 spiro atoms. The van der Waals surface area contributed by atoms with Gasteiger partial charge in [-0.25, -0.2) is 13.1 Å². The highest BCUT2D eigenvalue weighted by Crippen LogP contribution is 2.28. The van der Waals surface area contributed by atoms with E-state index in [2.05, 4.69) is 4.72 Å². The van der Waals surface area contributed by atoms with E-state index in [1.54, 1.807) is 0 Å². The van der Waals surface area contributed by atoms with Crippen LogP contribution in [0, 0.1) is 6.92 Å². The molecule has 0 saturated carbocycles. The van der Waals surface area contributed by atoms with E-state index in [0.717, 1.165) is 5.56 Å². The Hall–Kier alpha value is -1.27. The number of hydrogen-bond donors (Lipinski definition) is 1. The van der Waals surface area contributed by atoms with Gasteiger partial charge in [-0.2, -0.15) is 0 Å². The third-order valence-electron chi connectivity index (χ3n) is 2.89. The predicted octanol–water partition coefficient (Wildman–Crippen LogP) is 3.66. The molecule has 7 heteroatoms. The van der Waals surface area contributed by atoms with Gasteiger partial charge in [0.2, 0.25) is 10.0 Å². The molecule has 4 nitrogen and oxygen atoms in total. The lowest BCUT2D eigenvalue weighted by Gasteiger charge is -2.10. The van der Waals surface area contributed by atoms with Gasteiger partial charge in [0.05, 0.1) is 10.0 Å². The van der Waals surface area contributed by atoms with Crippen molar-refractivity contribution in [2.75, 3.05) is 13.2 Å². The molecule has 0 amide bonds. The van der Waals surface area contributed by atoms with E-state index in [9.17, 15) is 8.42 Å². The standard InChI is InChI=1S/C15H15Cl2NO3S/c1-11-5-7-12(8-6-11)21-10-9-18-22(19,20)14-4-2-3-13(16)15(14)17/h2-8,18H,9-10H2,1H3. The van der Waals surface area contributed by atoms with Crippen LogP contribution >= 0.6 is 23.2 Å². The summed E-state index contributed by atoms with van der Waals surface area (Å²) in [4.78, 5) is -0.0444. The first-order chi connectivity index (χ1) is 10.4. The molecule has 0 bridgehead atoms. The van der Waals surface area contributed by atoms with Crippen molar-refractivity contribution >= 4 is 33.2 Å². The first-order valence-electron chi connectivity index (χ1n) is 6.53. The first kappa shape index (κ1) is 17.1. The summed E-state index contributed by atoms with van der Waals surface area (Å²) in [6.45, 7) is 2.31. The zero-order valence-electron chi connectivity index (χ0n) is 11.8. The second kappa shape index (κ2) is 7.33. The SMILES string of the molecule is Cc1ccc(OCCNS(=O)(=O)c2cccc(Cl)c2Cl)cc1. The number of ether oxygens (including phenoxy) is 1. The molecule has 0 atom stereocenters. The number of aryl methyl sites for hydroxylation is 1. The summed E-state index contributed by atoms with van der Waals surface area (Å²) in [5.74, 6) is 0.686. The third-order valence-corrected chi connectivity index (χ3v) is 5.32. The van der Waals surface area contributed by atoms with Gasteiger partial charge in [-0.1, -0.05) is 47.0 Å². The summed E-state index contributed by atoms with van der Waals surface area (Å²) in [5, 5.41) is 0.205. The molecule has 118 valence electrons. The van der Waals surface area contributed by atoms with E-state index in [4.69, 9.17) is 27.9 Å². The minimum atomic E-state index is -3.72. The molecule has 2 aromatic carbocycles. The Morgan fingerprint density at radius 2 is 1.77 bits per heavy atom. The lowest BCUT2D eigenvalue weighted by atomic mass is 10.2. The third kappa shape index (κ3) is 4.36. The Bertz CT molecular complexity index is 746. The maximum atomic E-state index is 12.2. The second-order valence-electron chi connectivity index (χ2n) is 4.61. The normalized spacial score (nSPS) is 11.4. The number of halogens is 2. The van der Waals surface area contributed by atoms with Crippen LogP contribution in [0.5, 0.6) is 5.75 Å². The van der Waals surface area contributed by atoms with Gasteiger partial charge >= 0.3 is 0 Å². The van der Waals surface area contributed by atoms with Crippen molar-refractivity contribution in [2.24, 2.45) is 0 Å². The van der Waals surface area contributed by atoms with Gasteiger partial charge in [0.15, 0.2) is 0 Å². The lowest BCUT2D eigenvalue weighted by Crippen LogP contribution is -2.28. The van der Waals surface area contributed by atoms with Gasteiger partial charge in [0.1, 0.15) is 17.3 Å². The summed E-state index contributed by atoms with van der Waals surface area (Å²) >= 11 is 11.7. The van der Waals surface area contributed by atoms with Crippen LogP contribution in [0.3, 0.4) is 0 Å². The van der Waals surface area contributed by atoms with Crippen molar-refractivity contribution in [3.05, 3.63) is 58.1 Å². The summed E-state index contributed by atoms with van der Waals surface area (Å²) in [5.41, 5.74) is 1.13. The Labute approximate surface area is 140 Å². The largest absolute Gasteiger partial charge is 0.492 e. The summed E-state index contributed by atoms with van der Waals surface area (Å²) in [6, 6.07) is 12.0. The van der Waals surface area contributed by atoms with Gasteiger partial charge < -0.3 is 4.74 Å². The zero-order valence-corrected chi connectivity index (χ0v) is 14.2. The molecular formula is C15H15Cl2NO3S. The molecule has 0 heterocycles. The van der Waals surface area contributed by atoms with Gasteiger partial charge in [0.25, 0.3) is 0 Å². The van der Waals surface area contributed by atoms with Crippen LogP contribution in [0.25, 0.3) is 0 Å². The number of rotatable bonds is 6. The van der Waals surface area contributed by atoms with Gasteiger partial charge in [0, 0.05) is 6.54 Å². The molecule has 0 aliphatic rings. The summed E-state index contributed by atoms with van der Waals surface area (Å²) in [6.07, 6.45) is 0. The summed E-state index contributed by atoms with van der Waals surface area (Å²) in [7, 11) is -3.72. The van der Waals surface area contributed by atoms with Crippen LogP contribution in [0.1, 0.15) is 5.56 Å². The van der Waals surface area contributed by atoms with Crippen LogP contribution in [-0.2, 0) is 10.0 Å². The fourth-order valence-corrected chi connectivity index (χ4v) is 3.52. The van der Waals surface area contributed by atoms with Gasteiger partial charge in [-0.05, 0) is 31.2 Å². The molecule has 2 aromatic rings. The Balaban J connectivity index is 1.93. The van der Waals surface area contributed by atoms with Crippen LogP contribution in [0.2, 0.25) is 10.0 Å². The summed E-state index contributed by atoms with van der Waals surface area (Å²) < 4.78 is 32.2. The van der Waals surface area contributed by atoms with Crippen molar-refractivity contribution in [1.82, 2.24) is 4.72 Å². The quantitative estimate of drug-likeness (QED) is 0.800. The van der Waals surface area contributed by atoms with Gasteiger partial charge in [-0.3, -0.25) is 0 Å². The van der Waals surface area contributed by atoms with Crippen LogP contribution in [0.15, 0.2) is 47.4 Å². The van der Waals surface area contributed by atoms with Crippen LogP contribution < -0.4 is 9.46 Å². The molecule has 22 heavy (non-hydrogen) atoms. The van der Waals surface area contributed by atoms with E-state index < -0.39 is 10.0 Å². The minimum Gasteiger partial charge on any atom is -0.492 e. The van der Waals surface area contributed by atoms with E-state index in [-0.39, 0.29) is 28.1 Å². The molecule has 0 unspecified atom stereocenters. The number of sulfonamides is 1. The van der Waals surface area contributed by atoms with E-state index in [1.807, 2.05) is 31.2 Å². The van der Waals surface area contributed by atoms with Crippen LogP contribution in [-0.4, -0.2) is 21.6 Å². The fraction of sp³-hybridized carbons (Fsp3) is 0.200. The highest BCUT2D eigenvalue weighted by molar-refractivity contribution is 7.89. The fourth-order valence-electron chi connectivity index (χ4n) is 1.75. The average Bonchev–Trinajstić information content (AvgIpc) is 2.48. The molecule has 0 saturated heterocycles. The molecule has 1 N–H and O–H groups in total. The van der Waals surface area contributed by atoms with Crippen molar-refractivity contribution in [3.63, 3.8) is 0 Å². The number of hydrogen-bond acceptors (Lipinski definition) is 3. The predicted molar refractivity (Wildman–Crippen MR) is 88.3 cm³/mol. The number of nitrogens with one attached hydrogen (secondary N) is 1. The molecule has 0 aromatic heterocycles. The van der Waals surface area contributed by atoms with Crippen LogP contribution in [0.4, 0.5) is 0 Å². The van der Waals surface area contributed by atoms with Gasteiger partial charge in [-0.15, -0.1) is 0 Å².